The van der Waals surface area contributed by atoms with Gasteiger partial charge < -0.3 is 10.1 Å². The van der Waals surface area contributed by atoms with Gasteiger partial charge in [-0.15, -0.1) is 0 Å². The molecule has 1 rings (SSSR count). The molecule has 0 radical (unpaired) electrons. The van der Waals surface area contributed by atoms with Crippen molar-refractivity contribution in [2.24, 2.45) is 5.41 Å². The number of hydrogen-bond acceptors (Lipinski definition) is 3. The molecule has 2 unspecified atom stereocenters. The predicted octanol–water partition coefficient (Wildman–Crippen LogP) is 1.73. The molecule has 0 aromatic heterocycles. The number of ether oxygens (including phenoxy) is 1. The van der Waals surface area contributed by atoms with Crippen molar-refractivity contribution >= 4 is 0 Å². The molecule has 0 bridgehead atoms. The molecular weight excluding hydrogens is 200 g/mol. The molecule has 3 nitrogen and oxygen atoms in total. The van der Waals surface area contributed by atoms with Crippen molar-refractivity contribution in [1.29, 1.82) is 0 Å². The first-order valence-electron chi connectivity index (χ1n) is 6.41. The van der Waals surface area contributed by atoms with Crippen molar-refractivity contribution in [2.75, 3.05) is 33.4 Å². The Hall–Kier alpha value is -0.120. The minimum absolute atomic E-state index is 0.329. The molecule has 0 spiro atoms. The summed E-state index contributed by atoms with van der Waals surface area (Å²) in [5.41, 5.74) is 0.329. The lowest BCUT2D eigenvalue weighted by Gasteiger charge is -2.35. The Balaban J connectivity index is 2.58. The van der Waals surface area contributed by atoms with E-state index < -0.39 is 0 Å². The van der Waals surface area contributed by atoms with Gasteiger partial charge in [-0.25, -0.2) is 0 Å². The Morgan fingerprint density at radius 2 is 2.06 bits per heavy atom. The zero-order chi connectivity index (χ0) is 12.2. The maximum atomic E-state index is 5.19. The molecule has 0 aromatic rings. The summed E-state index contributed by atoms with van der Waals surface area (Å²) in [4.78, 5) is 2.55. The monoisotopic (exact) mass is 228 g/mol. The Kier molecular flexibility index (Phi) is 5.22. The predicted molar refractivity (Wildman–Crippen MR) is 68.8 cm³/mol. The van der Waals surface area contributed by atoms with Crippen LogP contribution in [0.4, 0.5) is 0 Å². The van der Waals surface area contributed by atoms with E-state index in [1.165, 1.54) is 6.42 Å². The molecule has 1 heterocycles. The van der Waals surface area contributed by atoms with E-state index in [2.05, 4.69) is 37.9 Å². The first kappa shape index (κ1) is 13.9. The van der Waals surface area contributed by atoms with Crippen molar-refractivity contribution in [1.82, 2.24) is 10.2 Å². The van der Waals surface area contributed by atoms with Crippen molar-refractivity contribution in [3.05, 3.63) is 0 Å². The third-order valence-corrected chi connectivity index (χ3v) is 3.62. The summed E-state index contributed by atoms with van der Waals surface area (Å²) in [5, 5.41) is 3.68. The van der Waals surface area contributed by atoms with Gasteiger partial charge in [0.05, 0.1) is 6.61 Å². The SMILES string of the molecule is COCCN1CC(C(C)(C)C)NCCC1C. The summed E-state index contributed by atoms with van der Waals surface area (Å²) in [6, 6.07) is 1.24. The van der Waals surface area contributed by atoms with Crippen LogP contribution in [-0.4, -0.2) is 50.3 Å². The van der Waals surface area contributed by atoms with Crippen molar-refractivity contribution in [3.63, 3.8) is 0 Å². The zero-order valence-corrected chi connectivity index (χ0v) is 11.5. The smallest absolute Gasteiger partial charge is 0.0589 e. The molecular formula is C13H28N2O. The Bertz CT molecular complexity index is 201. The number of nitrogens with one attached hydrogen (secondary N) is 1. The second-order valence-corrected chi connectivity index (χ2v) is 6.00. The van der Waals surface area contributed by atoms with Crippen molar-refractivity contribution < 1.29 is 4.74 Å². The fourth-order valence-electron chi connectivity index (χ4n) is 2.23. The number of rotatable bonds is 3. The summed E-state index contributed by atoms with van der Waals surface area (Å²) in [6.07, 6.45) is 1.23. The number of methoxy groups -OCH3 is 1. The van der Waals surface area contributed by atoms with Crippen LogP contribution in [0.2, 0.25) is 0 Å². The fraction of sp³-hybridized carbons (Fsp3) is 1.00. The Morgan fingerprint density at radius 1 is 1.38 bits per heavy atom. The van der Waals surface area contributed by atoms with E-state index >= 15 is 0 Å². The van der Waals surface area contributed by atoms with Crippen LogP contribution < -0.4 is 5.32 Å². The molecule has 1 fully saturated rings. The second kappa shape index (κ2) is 5.99. The maximum absolute atomic E-state index is 5.19. The largest absolute Gasteiger partial charge is 0.383 e. The first-order valence-corrected chi connectivity index (χ1v) is 6.41. The van der Waals surface area contributed by atoms with Gasteiger partial charge >= 0.3 is 0 Å². The lowest BCUT2D eigenvalue weighted by Crippen LogP contribution is -2.47. The summed E-state index contributed by atoms with van der Waals surface area (Å²) in [7, 11) is 1.78. The van der Waals surface area contributed by atoms with E-state index in [1.54, 1.807) is 7.11 Å². The first-order chi connectivity index (χ1) is 7.45. The normalized spacial score (nSPS) is 29.1. The average molecular weight is 228 g/mol. The zero-order valence-electron chi connectivity index (χ0n) is 11.5. The molecule has 3 heteroatoms. The number of hydrogen-bond donors (Lipinski definition) is 1. The van der Waals surface area contributed by atoms with Gasteiger partial charge in [0.15, 0.2) is 0 Å². The van der Waals surface area contributed by atoms with E-state index in [-0.39, 0.29) is 0 Å². The highest BCUT2D eigenvalue weighted by Gasteiger charge is 2.30. The Morgan fingerprint density at radius 3 is 2.62 bits per heavy atom. The molecule has 0 aromatic carbocycles. The standard InChI is InChI=1S/C13H28N2O/c1-11-6-7-14-12(13(2,3)4)10-15(11)8-9-16-5/h11-12,14H,6-10H2,1-5H3. The highest BCUT2D eigenvalue weighted by atomic mass is 16.5. The molecule has 0 saturated carbocycles. The number of nitrogens with zero attached hydrogens (tertiary/aromatic N) is 1. The van der Waals surface area contributed by atoms with E-state index in [1.807, 2.05) is 0 Å². The van der Waals surface area contributed by atoms with Gasteiger partial charge in [-0.05, 0) is 25.3 Å². The Labute approximate surface area is 101 Å². The van der Waals surface area contributed by atoms with Crippen LogP contribution in [-0.2, 0) is 4.74 Å². The third kappa shape index (κ3) is 4.04. The molecule has 1 saturated heterocycles. The second-order valence-electron chi connectivity index (χ2n) is 6.00. The summed E-state index contributed by atoms with van der Waals surface area (Å²) in [5.74, 6) is 0. The van der Waals surface area contributed by atoms with E-state index in [0.29, 0.717) is 17.5 Å². The maximum Gasteiger partial charge on any atom is 0.0589 e. The molecule has 0 aliphatic carbocycles. The lowest BCUT2D eigenvalue weighted by molar-refractivity contribution is 0.110. The van der Waals surface area contributed by atoms with Gasteiger partial charge in [0.2, 0.25) is 0 Å². The topological polar surface area (TPSA) is 24.5 Å². The van der Waals surface area contributed by atoms with Crippen LogP contribution in [0.5, 0.6) is 0 Å². The van der Waals surface area contributed by atoms with E-state index in [9.17, 15) is 0 Å². The summed E-state index contributed by atoms with van der Waals surface area (Å²) >= 11 is 0. The van der Waals surface area contributed by atoms with E-state index in [4.69, 9.17) is 4.74 Å². The van der Waals surface area contributed by atoms with Gasteiger partial charge in [0.1, 0.15) is 0 Å². The molecule has 1 N–H and O–H groups in total. The molecule has 96 valence electrons. The van der Waals surface area contributed by atoms with Gasteiger partial charge in [0, 0.05) is 32.3 Å². The van der Waals surface area contributed by atoms with Crippen LogP contribution in [0.1, 0.15) is 34.1 Å². The van der Waals surface area contributed by atoms with Crippen LogP contribution in [0.25, 0.3) is 0 Å². The lowest BCUT2D eigenvalue weighted by atomic mass is 9.86. The van der Waals surface area contributed by atoms with E-state index in [0.717, 1.165) is 26.2 Å². The van der Waals surface area contributed by atoms with Crippen molar-refractivity contribution in [2.45, 2.75) is 46.2 Å². The third-order valence-electron chi connectivity index (χ3n) is 3.62. The van der Waals surface area contributed by atoms with Gasteiger partial charge in [-0.1, -0.05) is 20.8 Å². The fourth-order valence-corrected chi connectivity index (χ4v) is 2.23. The molecule has 2 atom stereocenters. The minimum Gasteiger partial charge on any atom is -0.383 e. The van der Waals surface area contributed by atoms with Crippen LogP contribution >= 0.6 is 0 Å². The summed E-state index contributed by atoms with van der Waals surface area (Å²) in [6.45, 7) is 13.4. The highest BCUT2D eigenvalue weighted by molar-refractivity contribution is 4.88. The quantitative estimate of drug-likeness (QED) is 0.796. The van der Waals surface area contributed by atoms with Gasteiger partial charge in [-0.2, -0.15) is 0 Å². The molecule has 16 heavy (non-hydrogen) atoms. The van der Waals surface area contributed by atoms with Crippen LogP contribution in [0.15, 0.2) is 0 Å². The summed E-state index contributed by atoms with van der Waals surface area (Å²) < 4.78 is 5.19. The average Bonchev–Trinajstić information content (AvgIpc) is 2.37. The van der Waals surface area contributed by atoms with Crippen LogP contribution in [0.3, 0.4) is 0 Å². The van der Waals surface area contributed by atoms with Crippen molar-refractivity contribution in [3.8, 4) is 0 Å². The van der Waals surface area contributed by atoms with Gasteiger partial charge in [0.25, 0.3) is 0 Å². The highest BCUT2D eigenvalue weighted by Crippen LogP contribution is 2.23. The molecule has 1 aliphatic rings. The van der Waals surface area contributed by atoms with Crippen LogP contribution in [0, 0.1) is 5.41 Å². The molecule has 1 aliphatic heterocycles. The van der Waals surface area contributed by atoms with Gasteiger partial charge in [-0.3, -0.25) is 4.90 Å². The minimum atomic E-state index is 0.329. The molecule has 0 amide bonds.